The number of hydrogen-bond acceptors (Lipinski definition) is 3. The molecule has 2 heterocycles. The van der Waals surface area contributed by atoms with Crippen LogP contribution >= 0.6 is 0 Å². The quantitative estimate of drug-likeness (QED) is 0.671. The van der Waals surface area contributed by atoms with E-state index in [0.29, 0.717) is 0 Å². The summed E-state index contributed by atoms with van der Waals surface area (Å²) in [7, 11) is 0. The minimum atomic E-state index is 0. The zero-order chi connectivity index (χ0) is 11.4. The van der Waals surface area contributed by atoms with Crippen molar-refractivity contribution in [3.8, 4) is 0 Å². The van der Waals surface area contributed by atoms with Crippen LogP contribution in [0.25, 0.3) is 0 Å². The van der Waals surface area contributed by atoms with Gasteiger partial charge in [0, 0.05) is 11.8 Å². The summed E-state index contributed by atoms with van der Waals surface area (Å²) in [5.74, 6) is 0.873. The van der Waals surface area contributed by atoms with Gasteiger partial charge in [-0.1, -0.05) is 12.6 Å². The molecule has 0 aliphatic carbocycles. The summed E-state index contributed by atoms with van der Waals surface area (Å²) in [5.41, 5.74) is 4.95. The SMILES string of the molecule is C.CC1=NCC(C)=C1C.Cc1cc(C)on1. The van der Waals surface area contributed by atoms with Gasteiger partial charge in [-0.25, -0.2) is 0 Å². The lowest BCUT2D eigenvalue weighted by molar-refractivity contribution is 0.393. The number of nitrogens with zero attached hydrogens (tertiary/aromatic N) is 2. The second-order valence-electron chi connectivity index (χ2n) is 3.89. The molecule has 0 N–H and O–H groups in total. The van der Waals surface area contributed by atoms with Crippen LogP contribution in [0.2, 0.25) is 0 Å². The smallest absolute Gasteiger partial charge is 0.133 e. The van der Waals surface area contributed by atoms with Crippen molar-refractivity contribution in [1.82, 2.24) is 5.16 Å². The van der Waals surface area contributed by atoms with Crippen molar-refractivity contribution in [2.45, 2.75) is 42.0 Å². The Morgan fingerprint density at radius 2 is 1.75 bits per heavy atom. The maximum atomic E-state index is 4.71. The van der Waals surface area contributed by atoms with Gasteiger partial charge in [0.25, 0.3) is 0 Å². The molecule has 0 spiro atoms. The number of aromatic nitrogens is 1. The Labute approximate surface area is 98.3 Å². The molecule has 0 fully saturated rings. The minimum Gasteiger partial charge on any atom is -0.361 e. The second kappa shape index (κ2) is 6.26. The lowest BCUT2D eigenvalue weighted by atomic mass is 10.1. The maximum Gasteiger partial charge on any atom is 0.133 e. The Kier molecular flexibility index (Phi) is 5.72. The lowest BCUT2D eigenvalue weighted by Gasteiger charge is -1.90. The molecular weight excluding hydrogens is 200 g/mol. The van der Waals surface area contributed by atoms with Gasteiger partial charge in [0.2, 0.25) is 0 Å². The van der Waals surface area contributed by atoms with Gasteiger partial charge in [-0.2, -0.15) is 0 Å². The maximum absolute atomic E-state index is 4.71. The van der Waals surface area contributed by atoms with E-state index in [-0.39, 0.29) is 7.43 Å². The van der Waals surface area contributed by atoms with Gasteiger partial charge in [0.1, 0.15) is 5.76 Å². The van der Waals surface area contributed by atoms with E-state index in [1.807, 2.05) is 19.9 Å². The highest BCUT2D eigenvalue weighted by atomic mass is 16.5. The summed E-state index contributed by atoms with van der Waals surface area (Å²) in [6.45, 7) is 11.0. The first-order valence-corrected chi connectivity index (χ1v) is 5.08. The molecule has 0 radical (unpaired) electrons. The molecule has 0 bridgehead atoms. The Hall–Kier alpha value is -1.38. The summed E-state index contributed by atoms with van der Waals surface area (Å²) < 4.78 is 4.71. The molecule has 0 unspecified atom stereocenters. The Balaban J connectivity index is 0.000000267. The van der Waals surface area contributed by atoms with Crippen LogP contribution in [0, 0.1) is 13.8 Å². The summed E-state index contributed by atoms with van der Waals surface area (Å²) >= 11 is 0. The van der Waals surface area contributed by atoms with Gasteiger partial charge in [-0.05, 0) is 45.8 Å². The zero-order valence-corrected chi connectivity index (χ0v) is 10.1. The van der Waals surface area contributed by atoms with E-state index < -0.39 is 0 Å². The van der Waals surface area contributed by atoms with Gasteiger partial charge in [0.15, 0.2) is 0 Å². The Morgan fingerprint density at radius 1 is 1.12 bits per heavy atom. The van der Waals surface area contributed by atoms with Gasteiger partial charge in [-0.3, -0.25) is 4.99 Å². The first kappa shape index (κ1) is 14.6. The minimum absolute atomic E-state index is 0. The molecule has 1 aliphatic rings. The highest BCUT2D eigenvalue weighted by Crippen LogP contribution is 2.12. The van der Waals surface area contributed by atoms with Crippen LogP contribution in [0.5, 0.6) is 0 Å². The normalized spacial score (nSPS) is 13.9. The fraction of sp³-hybridized carbons (Fsp3) is 0.538. The number of aryl methyl sites for hydroxylation is 2. The van der Waals surface area contributed by atoms with Crippen LogP contribution in [-0.4, -0.2) is 17.4 Å². The molecule has 0 aromatic carbocycles. The molecule has 3 heteroatoms. The van der Waals surface area contributed by atoms with E-state index in [1.54, 1.807) is 0 Å². The first-order valence-electron chi connectivity index (χ1n) is 5.08. The highest BCUT2D eigenvalue weighted by molar-refractivity contribution is 6.00. The molecule has 2 rings (SSSR count). The average molecular weight is 222 g/mol. The topological polar surface area (TPSA) is 38.4 Å². The number of allylic oxidation sites excluding steroid dienone is 1. The predicted molar refractivity (Wildman–Crippen MR) is 69.1 cm³/mol. The largest absolute Gasteiger partial charge is 0.361 e. The molecule has 16 heavy (non-hydrogen) atoms. The predicted octanol–water partition coefficient (Wildman–Crippen LogP) is 3.72. The van der Waals surface area contributed by atoms with Crippen molar-refractivity contribution < 1.29 is 4.52 Å². The van der Waals surface area contributed by atoms with Crippen molar-refractivity contribution in [1.29, 1.82) is 0 Å². The van der Waals surface area contributed by atoms with Gasteiger partial charge < -0.3 is 4.52 Å². The molecule has 0 atom stereocenters. The van der Waals surface area contributed by atoms with Crippen LogP contribution in [-0.2, 0) is 0 Å². The van der Waals surface area contributed by atoms with Crippen molar-refractivity contribution in [2.75, 3.05) is 6.54 Å². The van der Waals surface area contributed by atoms with E-state index in [2.05, 4.69) is 30.9 Å². The first-order chi connectivity index (χ1) is 7.00. The highest BCUT2D eigenvalue weighted by Gasteiger charge is 2.05. The average Bonchev–Trinajstić information content (AvgIpc) is 2.68. The molecule has 0 saturated carbocycles. The molecule has 1 aromatic rings. The number of hydrogen-bond donors (Lipinski definition) is 0. The number of aliphatic imine (C=N–C) groups is 1. The third kappa shape index (κ3) is 4.01. The van der Waals surface area contributed by atoms with Crippen molar-refractivity contribution in [3.05, 3.63) is 28.7 Å². The molecular formula is C13H22N2O. The molecule has 3 nitrogen and oxygen atoms in total. The summed E-state index contributed by atoms with van der Waals surface area (Å²) in [6.07, 6.45) is 0. The van der Waals surface area contributed by atoms with E-state index in [4.69, 9.17) is 4.52 Å². The standard InChI is InChI=1S/C7H11N.C5H7NO.CH4/c1-5-4-8-7(3)6(5)2;1-4-3-5(2)7-6-4;/h4H2,1-3H3;3H,1-2H3;1H4. The second-order valence-corrected chi connectivity index (χ2v) is 3.89. The Bertz CT molecular complexity index is 378. The monoisotopic (exact) mass is 222 g/mol. The van der Waals surface area contributed by atoms with Gasteiger partial charge in [0.05, 0.1) is 12.2 Å². The van der Waals surface area contributed by atoms with Crippen molar-refractivity contribution in [2.24, 2.45) is 4.99 Å². The number of rotatable bonds is 0. The van der Waals surface area contributed by atoms with E-state index in [1.165, 1.54) is 16.9 Å². The van der Waals surface area contributed by atoms with Crippen LogP contribution < -0.4 is 0 Å². The summed E-state index contributed by atoms with van der Waals surface area (Å²) in [4.78, 5) is 4.24. The third-order valence-electron chi connectivity index (χ3n) is 2.48. The van der Waals surface area contributed by atoms with Crippen LogP contribution in [0.15, 0.2) is 26.7 Å². The molecule has 0 amide bonds. The third-order valence-corrected chi connectivity index (χ3v) is 2.48. The Morgan fingerprint density at radius 3 is 1.88 bits per heavy atom. The fourth-order valence-electron chi connectivity index (χ4n) is 1.27. The van der Waals surface area contributed by atoms with Gasteiger partial charge >= 0.3 is 0 Å². The summed E-state index contributed by atoms with van der Waals surface area (Å²) in [6, 6.07) is 1.89. The van der Waals surface area contributed by atoms with E-state index in [0.717, 1.165) is 18.0 Å². The molecule has 90 valence electrons. The van der Waals surface area contributed by atoms with Gasteiger partial charge in [-0.15, -0.1) is 0 Å². The zero-order valence-electron chi connectivity index (χ0n) is 10.1. The lowest BCUT2D eigenvalue weighted by Crippen LogP contribution is -1.86. The van der Waals surface area contributed by atoms with E-state index in [9.17, 15) is 0 Å². The van der Waals surface area contributed by atoms with Crippen molar-refractivity contribution >= 4 is 5.71 Å². The molecule has 1 aromatic heterocycles. The van der Waals surface area contributed by atoms with E-state index >= 15 is 0 Å². The molecule has 0 saturated heterocycles. The molecule has 1 aliphatic heterocycles. The summed E-state index contributed by atoms with van der Waals surface area (Å²) in [5, 5.41) is 3.64. The van der Waals surface area contributed by atoms with Crippen LogP contribution in [0.4, 0.5) is 0 Å². The fourth-order valence-corrected chi connectivity index (χ4v) is 1.27. The van der Waals surface area contributed by atoms with Crippen LogP contribution in [0.3, 0.4) is 0 Å². The van der Waals surface area contributed by atoms with Crippen LogP contribution in [0.1, 0.15) is 39.7 Å². The van der Waals surface area contributed by atoms with Crippen molar-refractivity contribution in [3.63, 3.8) is 0 Å².